The number of aliphatic hydroxyl groups excluding tert-OH is 1. The van der Waals surface area contributed by atoms with Crippen molar-refractivity contribution in [2.24, 2.45) is 5.92 Å². The fourth-order valence-electron chi connectivity index (χ4n) is 3.28. The number of carbonyl (C=O) groups is 1. The summed E-state index contributed by atoms with van der Waals surface area (Å²) in [5, 5.41) is 20.1. The topological polar surface area (TPSA) is 79.2 Å². The van der Waals surface area contributed by atoms with Gasteiger partial charge in [0, 0.05) is 18.2 Å². The third kappa shape index (κ3) is 3.59. The zero-order valence-electron chi connectivity index (χ0n) is 14.1. The Morgan fingerprint density at radius 2 is 2.12 bits per heavy atom. The molecule has 1 aliphatic carbocycles. The van der Waals surface area contributed by atoms with E-state index in [1.807, 2.05) is 48.9 Å². The smallest absolute Gasteiger partial charge is 0.319 e. The van der Waals surface area contributed by atoms with Crippen molar-refractivity contribution >= 4 is 11.7 Å². The third-order valence-electron chi connectivity index (χ3n) is 4.53. The first-order valence-corrected chi connectivity index (χ1v) is 8.40. The standard InChI is InChI=1S/C18H24N4O2/c1-12-10-13(2)22(21-12)16-8-4-3-7-15(16)20-18(24)19-11-14-6-5-9-17(14)23/h3-4,7-8,10,14,17,23H,5-6,9,11H2,1-2H3,(H2,19,20,24)/t14-,17-/m0/s1. The average molecular weight is 328 g/mol. The van der Waals surface area contributed by atoms with E-state index in [4.69, 9.17) is 0 Å². The molecule has 0 saturated heterocycles. The molecule has 1 aromatic carbocycles. The normalized spacial score (nSPS) is 20.1. The van der Waals surface area contributed by atoms with Gasteiger partial charge in [-0.3, -0.25) is 0 Å². The summed E-state index contributed by atoms with van der Waals surface area (Å²) in [6.07, 6.45) is 2.52. The predicted molar refractivity (Wildman–Crippen MR) is 93.4 cm³/mol. The molecule has 3 rings (SSSR count). The molecule has 1 heterocycles. The van der Waals surface area contributed by atoms with Gasteiger partial charge in [0.1, 0.15) is 0 Å². The number of hydrogen-bond acceptors (Lipinski definition) is 3. The van der Waals surface area contributed by atoms with Crippen molar-refractivity contribution in [3.05, 3.63) is 41.7 Å². The number of carbonyl (C=O) groups excluding carboxylic acids is 1. The van der Waals surface area contributed by atoms with Crippen molar-refractivity contribution in [3.8, 4) is 5.69 Å². The van der Waals surface area contributed by atoms with Gasteiger partial charge < -0.3 is 15.7 Å². The fourth-order valence-corrected chi connectivity index (χ4v) is 3.28. The van der Waals surface area contributed by atoms with Crippen molar-refractivity contribution < 1.29 is 9.90 Å². The summed E-state index contributed by atoms with van der Waals surface area (Å²) in [5.41, 5.74) is 3.48. The molecule has 128 valence electrons. The van der Waals surface area contributed by atoms with Gasteiger partial charge in [0.2, 0.25) is 0 Å². The number of nitrogens with zero attached hydrogens (tertiary/aromatic N) is 2. The van der Waals surface area contributed by atoms with E-state index in [0.29, 0.717) is 12.2 Å². The van der Waals surface area contributed by atoms with Gasteiger partial charge in [0.15, 0.2) is 0 Å². The van der Waals surface area contributed by atoms with Crippen molar-refractivity contribution in [1.29, 1.82) is 0 Å². The highest BCUT2D eigenvalue weighted by molar-refractivity contribution is 5.91. The van der Waals surface area contributed by atoms with Gasteiger partial charge in [-0.05, 0) is 44.9 Å². The van der Waals surface area contributed by atoms with E-state index >= 15 is 0 Å². The number of benzene rings is 1. The van der Waals surface area contributed by atoms with Crippen LogP contribution in [0.15, 0.2) is 30.3 Å². The van der Waals surface area contributed by atoms with Gasteiger partial charge in [-0.25, -0.2) is 9.48 Å². The van der Waals surface area contributed by atoms with Crippen LogP contribution in [-0.4, -0.2) is 33.6 Å². The number of hydrogen-bond donors (Lipinski definition) is 3. The Morgan fingerprint density at radius 1 is 1.33 bits per heavy atom. The summed E-state index contributed by atoms with van der Waals surface area (Å²) >= 11 is 0. The quantitative estimate of drug-likeness (QED) is 0.807. The van der Waals surface area contributed by atoms with Crippen LogP contribution >= 0.6 is 0 Å². The molecule has 6 nitrogen and oxygen atoms in total. The van der Waals surface area contributed by atoms with E-state index in [0.717, 1.165) is 36.3 Å². The van der Waals surface area contributed by atoms with Gasteiger partial charge in [-0.2, -0.15) is 5.10 Å². The number of anilines is 1. The first-order chi connectivity index (χ1) is 11.5. The number of nitrogens with one attached hydrogen (secondary N) is 2. The summed E-state index contributed by atoms with van der Waals surface area (Å²) in [6, 6.07) is 9.32. The van der Waals surface area contributed by atoms with Crippen LogP contribution in [0.5, 0.6) is 0 Å². The Labute approximate surface area is 141 Å². The minimum Gasteiger partial charge on any atom is -0.393 e. The molecule has 0 aliphatic heterocycles. The molecule has 0 spiro atoms. The molecule has 2 atom stereocenters. The second kappa shape index (κ2) is 7.05. The zero-order valence-corrected chi connectivity index (χ0v) is 14.1. The molecule has 1 saturated carbocycles. The van der Waals surface area contributed by atoms with Crippen LogP contribution < -0.4 is 10.6 Å². The van der Waals surface area contributed by atoms with Crippen LogP contribution in [0.2, 0.25) is 0 Å². The molecular weight excluding hydrogens is 304 g/mol. The van der Waals surface area contributed by atoms with Crippen molar-refractivity contribution in [3.63, 3.8) is 0 Å². The Morgan fingerprint density at radius 3 is 2.79 bits per heavy atom. The lowest BCUT2D eigenvalue weighted by molar-refractivity contribution is 0.133. The van der Waals surface area contributed by atoms with Crippen LogP contribution in [0.25, 0.3) is 5.69 Å². The number of para-hydroxylation sites is 2. The maximum atomic E-state index is 12.2. The molecule has 2 aromatic rings. The van der Waals surface area contributed by atoms with Gasteiger partial charge in [0.25, 0.3) is 0 Å². The molecule has 3 N–H and O–H groups in total. The van der Waals surface area contributed by atoms with E-state index in [1.54, 1.807) is 0 Å². The predicted octanol–water partition coefficient (Wildman–Crippen LogP) is 2.77. The Balaban J connectivity index is 1.69. The Kier molecular flexibility index (Phi) is 4.85. The van der Waals surface area contributed by atoms with Crippen LogP contribution in [0.4, 0.5) is 10.5 Å². The molecule has 24 heavy (non-hydrogen) atoms. The lowest BCUT2D eigenvalue weighted by Crippen LogP contribution is -2.35. The van der Waals surface area contributed by atoms with E-state index in [-0.39, 0.29) is 18.1 Å². The Bertz CT molecular complexity index is 726. The number of rotatable bonds is 4. The number of urea groups is 1. The largest absolute Gasteiger partial charge is 0.393 e. The SMILES string of the molecule is Cc1cc(C)n(-c2ccccc2NC(=O)NC[C@@H]2CCC[C@@H]2O)n1. The first-order valence-electron chi connectivity index (χ1n) is 8.40. The Hall–Kier alpha value is -2.34. The lowest BCUT2D eigenvalue weighted by Gasteiger charge is -2.16. The molecule has 6 heteroatoms. The molecule has 1 aromatic heterocycles. The third-order valence-corrected chi connectivity index (χ3v) is 4.53. The minimum atomic E-state index is -0.299. The highest BCUT2D eigenvalue weighted by Gasteiger charge is 2.25. The van der Waals surface area contributed by atoms with Crippen molar-refractivity contribution in [2.45, 2.75) is 39.2 Å². The maximum absolute atomic E-state index is 12.2. The molecule has 0 bridgehead atoms. The van der Waals surface area contributed by atoms with Crippen LogP contribution in [-0.2, 0) is 0 Å². The van der Waals surface area contributed by atoms with E-state index < -0.39 is 0 Å². The maximum Gasteiger partial charge on any atom is 0.319 e. The molecule has 0 radical (unpaired) electrons. The van der Waals surface area contributed by atoms with Gasteiger partial charge >= 0.3 is 6.03 Å². The number of aryl methyl sites for hydroxylation is 2. The lowest BCUT2D eigenvalue weighted by atomic mass is 10.1. The van der Waals surface area contributed by atoms with Crippen LogP contribution in [0.3, 0.4) is 0 Å². The van der Waals surface area contributed by atoms with Gasteiger partial charge in [-0.15, -0.1) is 0 Å². The monoisotopic (exact) mass is 328 g/mol. The highest BCUT2D eigenvalue weighted by atomic mass is 16.3. The molecule has 2 amide bonds. The number of aliphatic hydroxyl groups is 1. The summed E-state index contributed by atoms with van der Waals surface area (Å²) in [4.78, 5) is 12.2. The summed E-state index contributed by atoms with van der Waals surface area (Å²) in [5.74, 6) is 0.155. The average Bonchev–Trinajstić information content (AvgIpc) is 3.11. The fraction of sp³-hybridized carbons (Fsp3) is 0.444. The van der Waals surface area contributed by atoms with Gasteiger partial charge in [-0.1, -0.05) is 18.6 Å². The second-order valence-corrected chi connectivity index (χ2v) is 6.45. The summed E-state index contributed by atoms with van der Waals surface area (Å²) in [7, 11) is 0. The molecular formula is C18H24N4O2. The first kappa shape index (κ1) is 16.5. The summed E-state index contributed by atoms with van der Waals surface area (Å²) < 4.78 is 1.83. The van der Waals surface area contributed by atoms with Gasteiger partial charge in [0.05, 0.1) is 23.2 Å². The molecule has 1 aliphatic rings. The second-order valence-electron chi connectivity index (χ2n) is 6.45. The van der Waals surface area contributed by atoms with Crippen LogP contribution in [0, 0.1) is 19.8 Å². The van der Waals surface area contributed by atoms with E-state index in [1.165, 1.54) is 0 Å². The van der Waals surface area contributed by atoms with Crippen molar-refractivity contribution in [1.82, 2.24) is 15.1 Å². The number of aromatic nitrogens is 2. The van der Waals surface area contributed by atoms with Crippen molar-refractivity contribution in [2.75, 3.05) is 11.9 Å². The molecule has 0 unspecified atom stereocenters. The summed E-state index contributed by atoms with van der Waals surface area (Å²) in [6.45, 7) is 4.42. The zero-order chi connectivity index (χ0) is 17.1. The minimum absolute atomic E-state index is 0.155. The van der Waals surface area contributed by atoms with E-state index in [9.17, 15) is 9.90 Å². The van der Waals surface area contributed by atoms with Crippen LogP contribution in [0.1, 0.15) is 30.7 Å². The van der Waals surface area contributed by atoms with E-state index in [2.05, 4.69) is 15.7 Å². The highest BCUT2D eigenvalue weighted by Crippen LogP contribution is 2.25. The molecule has 1 fully saturated rings. The number of amides is 2.